The topological polar surface area (TPSA) is 152 Å². The van der Waals surface area contributed by atoms with Crippen LogP contribution in [0.4, 0.5) is 0 Å². The summed E-state index contributed by atoms with van der Waals surface area (Å²) in [5, 5.41) is 19.8. The van der Waals surface area contributed by atoms with Gasteiger partial charge in [0.1, 0.15) is 31.0 Å². The van der Waals surface area contributed by atoms with Gasteiger partial charge in [-0.2, -0.15) is 0 Å². The van der Waals surface area contributed by atoms with Crippen molar-refractivity contribution in [1.82, 2.24) is 0 Å². The first kappa shape index (κ1) is 19.6. The van der Waals surface area contributed by atoms with E-state index < -0.39 is 50.4 Å². The molecule has 0 aromatic carbocycles. The Bertz CT molecular complexity index is 433. The standard InChI is InChI=1S/C11H21O10P/c1-11(2)19-5-7(21-11)10(18-3)9(14)8(13)6(12)4-20-22(15,16)17/h7-10,13-14H,4-5H2,1-3H3,(H2,15,16,17)/t7-,8-,9-,10+/m1/s1. The van der Waals surface area contributed by atoms with Crippen LogP contribution < -0.4 is 0 Å². The van der Waals surface area contributed by atoms with E-state index in [1.807, 2.05) is 0 Å². The molecule has 4 atom stereocenters. The van der Waals surface area contributed by atoms with E-state index in [0.717, 1.165) is 0 Å². The molecule has 0 aromatic heterocycles. The second-order valence-electron chi connectivity index (χ2n) is 5.23. The van der Waals surface area contributed by atoms with Gasteiger partial charge in [0.25, 0.3) is 0 Å². The number of aliphatic hydroxyl groups excluding tert-OH is 2. The van der Waals surface area contributed by atoms with E-state index in [0.29, 0.717) is 0 Å². The first-order chi connectivity index (χ1) is 9.97. The molecule has 1 rings (SSSR count). The fourth-order valence-corrected chi connectivity index (χ4v) is 2.29. The lowest BCUT2D eigenvalue weighted by atomic mass is 10.0. The number of hydrogen-bond donors (Lipinski definition) is 4. The lowest BCUT2D eigenvalue weighted by molar-refractivity contribution is -0.176. The normalized spacial score (nSPS) is 25.7. The number of carbonyl (C=O) groups is 1. The van der Waals surface area contributed by atoms with Gasteiger partial charge in [-0.05, 0) is 13.8 Å². The molecular weight excluding hydrogens is 323 g/mol. The van der Waals surface area contributed by atoms with Gasteiger partial charge in [0.05, 0.1) is 6.61 Å². The minimum Gasteiger partial charge on any atom is -0.387 e. The van der Waals surface area contributed by atoms with Gasteiger partial charge in [0.2, 0.25) is 0 Å². The largest absolute Gasteiger partial charge is 0.470 e. The summed E-state index contributed by atoms with van der Waals surface area (Å²) < 4.78 is 30.3. The van der Waals surface area contributed by atoms with Gasteiger partial charge in [0.15, 0.2) is 11.6 Å². The van der Waals surface area contributed by atoms with Crippen molar-refractivity contribution >= 4 is 13.6 Å². The first-order valence-electron chi connectivity index (χ1n) is 6.40. The maximum atomic E-state index is 11.6. The van der Waals surface area contributed by atoms with E-state index in [9.17, 15) is 19.6 Å². The van der Waals surface area contributed by atoms with Gasteiger partial charge in [-0.15, -0.1) is 0 Å². The fourth-order valence-electron chi connectivity index (χ4n) is 1.99. The number of phosphoric acid groups is 1. The molecule has 0 radical (unpaired) electrons. The number of rotatable bonds is 8. The number of phosphoric ester groups is 1. The molecule has 1 saturated heterocycles. The van der Waals surface area contributed by atoms with Crippen molar-refractivity contribution in [2.45, 2.75) is 44.1 Å². The van der Waals surface area contributed by atoms with Crippen LogP contribution in [0.25, 0.3) is 0 Å². The molecule has 130 valence electrons. The molecule has 0 unspecified atom stereocenters. The van der Waals surface area contributed by atoms with Crippen LogP contribution in [0, 0.1) is 0 Å². The summed E-state index contributed by atoms with van der Waals surface area (Å²) in [6.07, 6.45) is -5.43. The summed E-state index contributed by atoms with van der Waals surface area (Å²) in [4.78, 5) is 28.6. The lowest BCUT2D eigenvalue weighted by Crippen LogP contribution is -2.50. The first-order valence-corrected chi connectivity index (χ1v) is 7.93. The molecule has 0 amide bonds. The number of carbonyl (C=O) groups excluding carboxylic acids is 1. The number of hydrogen-bond acceptors (Lipinski definition) is 8. The van der Waals surface area contributed by atoms with E-state index in [2.05, 4.69) is 4.52 Å². The van der Waals surface area contributed by atoms with Gasteiger partial charge in [-0.1, -0.05) is 0 Å². The zero-order valence-electron chi connectivity index (χ0n) is 12.4. The highest BCUT2D eigenvalue weighted by molar-refractivity contribution is 7.46. The van der Waals surface area contributed by atoms with Crippen LogP contribution in [-0.2, 0) is 28.1 Å². The van der Waals surface area contributed by atoms with E-state index in [-0.39, 0.29) is 6.61 Å². The minimum atomic E-state index is -4.85. The van der Waals surface area contributed by atoms with Crippen molar-refractivity contribution in [2.75, 3.05) is 20.3 Å². The number of aliphatic hydroxyl groups is 2. The zero-order valence-corrected chi connectivity index (χ0v) is 13.3. The molecule has 1 aliphatic rings. The molecule has 0 spiro atoms. The number of ketones is 1. The van der Waals surface area contributed by atoms with Crippen LogP contribution in [0.5, 0.6) is 0 Å². The van der Waals surface area contributed by atoms with Crippen LogP contribution in [-0.4, -0.2) is 76.3 Å². The quantitative estimate of drug-likeness (QED) is 0.385. The Balaban J connectivity index is 2.65. The van der Waals surface area contributed by atoms with Crippen molar-refractivity contribution in [3.05, 3.63) is 0 Å². The maximum Gasteiger partial charge on any atom is 0.470 e. The second kappa shape index (κ2) is 7.43. The molecule has 1 fully saturated rings. The smallest absolute Gasteiger partial charge is 0.387 e. The highest BCUT2D eigenvalue weighted by atomic mass is 31.2. The monoisotopic (exact) mass is 344 g/mol. The second-order valence-corrected chi connectivity index (χ2v) is 6.47. The Labute approximate surface area is 127 Å². The predicted molar refractivity (Wildman–Crippen MR) is 70.7 cm³/mol. The molecule has 1 aliphatic heterocycles. The third kappa shape index (κ3) is 5.65. The molecule has 1 heterocycles. The number of Topliss-reactive ketones (excluding diaryl/α,β-unsaturated/α-hetero) is 1. The minimum absolute atomic E-state index is 0.0858. The van der Waals surface area contributed by atoms with E-state index in [4.69, 9.17) is 24.0 Å². The summed E-state index contributed by atoms with van der Waals surface area (Å²) in [5.74, 6) is -1.99. The molecule has 0 aromatic rings. The van der Waals surface area contributed by atoms with Gasteiger partial charge >= 0.3 is 7.82 Å². The SMILES string of the molecule is CO[C@H]([C@H](O)[C@H](O)C(=O)COP(=O)(O)O)[C@H]1COC(C)(C)O1. The number of ether oxygens (including phenoxy) is 3. The Morgan fingerprint density at radius 1 is 1.41 bits per heavy atom. The van der Waals surface area contributed by atoms with Crippen LogP contribution in [0.2, 0.25) is 0 Å². The van der Waals surface area contributed by atoms with E-state index in [1.54, 1.807) is 13.8 Å². The average Bonchev–Trinajstić information content (AvgIpc) is 2.75. The Kier molecular flexibility index (Phi) is 6.63. The third-order valence-electron chi connectivity index (χ3n) is 3.03. The van der Waals surface area contributed by atoms with Crippen molar-refractivity contribution in [1.29, 1.82) is 0 Å². The van der Waals surface area contributed by atoms with E-state index >= 15 is 0 Å². The third-order valence-corrected chi connectivity index (χ3v) is 3.50. The van der Waals surface area contributed by atoms with Gasteiger partial charge in [-0.25, -0.2) is 4.57 Å². The Morgan fingerprint density at radius 3 is 2.41 bits per heavy atom. The highest BCUT2D eigenvalue weighted by Crippen LogP contribution is 2.35. The lowest BCUT2D eigenvalue weighted by Gasteiger charge is -2.29. The Morgan fingerprint density at radius 2 is 2.00 bits per heavy atom. The molecule has 22 heavy (non-hydrogen) atoms. The maximum absolute atomic E-state index is 11.6. The molecule has 0 bridgehead atoms. The van der Waals surface area contributed by atoms with Crippen LogP contribution in [0.15, 0.2) is 0 Å². The highest BCUT2D eigenvalue weighted by Gasteiger charge is 2.43. The molecule has 0 saturated carbocycles. The zero-order chi connectivity index (χ0) is 17.1. The van der Waals surface area contributed by atoms with Crippen LogP contribution >= 0.6 is 7.82 Å². The van der Waals surface area contributed by atoms with Crippen molar-refractivity contribution in [2.24, 2.45) is 0 Å². The van der Waals surface area contributed by atoms with Crippen molar-refractivity contribution < 1.29 is 48.1 Å². The molecular formula is C11H21O10P. The average molecular weight is 344 g/mol. The Hall–Kier alpha value is -0.420. The van der Waals surface area contributed by atoms with Gasteiger partial charge < -0.3 is 34.2 Å². The van der Waals surface area contributed by atoms with Gasteiger partial charge in [0, 0.05) is 7.11 Å². The van der Waals surface area contributed by atoms with Crippen molar-refractivity contribution in [3.63, 3.8) is 0 Å². The predicted octanol–water partition coefficient (Wildman–Crippen LogP) is -1.45. The molecule has 11 heteroatoms. The van der Waals surface area contributed by atoms with Crippen LogP contribution in [0.3, 0.4) is 0 Å². The summed E-state index contributed by atoms with van der Waals surface area (Å²) in [6.45, 7) is 2.35. The summed E-state index contributed by atoms with van der Waals surface area (Å²) in [5.41, 5.74) is 0. The summed E-state index contributed by atoms with van der Waals surface area (Å²) >= 11 is 0. The van der Waals surface area contributed by atoms with Gasteiger partial charge in [-0.3, -0.25) is 9.32 Å². The summed E-state index contributed by atoms with van der Waals surface area (Å²) in [7, 11) is -3.59. The van der Waals surface area contributed by atoms with Crippen LogP contribution in [0.1, 0.15) is 13.8 Å². The fraction of sp³-hybridized carbons (Fsp3) is 0.909. The van der Waals surface area contributed by atoms with E-state index in [1.165, 1.54) is 7.11 Å². The number of methoxy groups -OCH3 is 1. The van der Waals surface area contributed by atoms with Crippen molar-refractivity contribution in [3.8, 4) is 0 Å². The summed E-state index contributed by atoms with van der Waals surface area (Å²) in [6, 6.07) is 0. The molecule has 10 nitrogen and oxygen atoms in total. The molecule has 4 N–H and O–H groups in total. The molecule has 0 aliphatic carbocycles.